The second-order valence-corrected chi connectivity index (χ2v) is 1.71. The van der Waals surface area contributed by atoms with Crippen molar-refractivity contribution in [3.63, 3.8) is 0 Å². The van der Waals surface area contributed by atoms with E-state index in [1.807, 2.05) is 0 Å². The topological polar surface area (TPSA) is 0 Å². The van der Waals surface area contributed by atoms with Gasteiger partial charge < -0.3 is 0 Å². The monoisotopic (exact) mass is 193 g/mol. The Morgan fingerprint density at radius 1 is 0.857 bits per heavy atom. The van der Waals surface area contributed by atoms with Crippen molar-refractivity contribution in [1.82, 2.24) is 0 Å². The summed E-state index contributed by atoms with van der Waals surface area (Å²) < 4.78 is 0. The van der Waals surface area contributed by atoms with Crippen LogP contribution in [0.1, 0.15) is 39.5 Å². The van der Waals surface area contributed by atoms with Crippen LogP contribution in [0.15, 0.2) is 0 Å². The molecule has 0 fully saturated rings. The van der Waals surface area contributed by atoms with Crippen LogP contribution in [-0.2, 0) is 22.4 Å². The number of hydrogen-bond donors (Lipinski definition) is 0. The van der Waals surface area contributed by atoms with E-state index in [1.165, 1.54) is 25.7 Å². The van der Waals surface area contributed by atoms with Crippen LogP contribution in [0.2, 0.25) is 0 Å². The van der Waals surface area contributed by atoms with Crippen molar-refractivity contribution in [3.8, 4) is 0 Å². The molecular weight excluding hydrogens is 180 g/mol. The third-order valence-electron chi connectivity index (χ3n) is 0.957. The molecule has 0 atom stereocenters. The van der Waals surface area contributed by atoms with Gasteiger partial charge >= 0.3 is 0 Å². The Morgan fingerprint density at radius 3 is 1.29 bits per heavy atom. The summed E-state index contributed by atoms with van der Waals surface area (Å²) in [7, 11) is 0. The minimum atomic E-state index is 0. The van der Waals surface area contributed by atoms with Gasteiger partial charge in [-0.2, -0.15) is 0 Å². The molecule has 0 aliphatic carbocycles. The Bertz CT molecular complexity index is 16.1. The molecule has 49 valence electrons. The van der Waals surface area contributed by atoms with Crippen LogP contribution in [-0.4, -0.2) is 0 Å². The molecule has 1 heteroatoms. The van der Waals surface area contributed by atoms with Crippen molar-refractivity contribution in [1.29, 1.82) is 0 Å². The van der Waals surface area contributed by atoms with Crippen LogP contribution in [0.25, 0.3) is 0 Å². The first-order valence-corrected chi connectivity index (χ1v) is 2.91. The van der Waals surface area contributed by atoms with Crippen LogP contribution >= 0.6 is 0 Å². The molecule has 0 aromatic heterocycles. The molecule has 0 heterocycles. The van der Waals surface area contributed by atoms with Gasteiger partial charge in [0.05, 0.1) is 0 Å². The molecule has 0 amide bonds. The molecule has 0 saturated carbocycles. The fourth-order valence-corrected chi connectivity index (χ4v) is 0.500. The van der Waals surface area contributed by atoms with Gasteiger partial charge in [0.25, 0.3) is 0 Å². The summed E-state index contributed by atoms with van der Waals surface area (Å²) in [4.78, 5) is 0. The van der Waals surface area contributed by atoms with Crippen molar-refractivity contribution in [2.45, 2.75) is 39.5 Å². The van der Waals surface area contributed by atoms with Gasteiger partial charge in [0.1, 0.15) is 0 Å². The van der Waals surface area contributed by atoms with E-state index in [9.17, 15) is 0 Å². The molecule has 0 aliphatic heterocycles. The summed E-state index contributed by atoms with van der Waals surface area (Å²) in [6, 6.07) is 0. The average molecular weight is 194 g/mol. The van der Waals surface area contributed by atoms with E-state index in [1.54, 1.807) is 0 Å². The van der Waals surface area contributed by atoms with Gasteiger partial charge in [-0.15, -0.1) is 0 Å². The maximum Gasteiger partial charge on any atom is 0 e. The quantitative estimate of drug-likeness (QED) is 0.478. The molecule has 0 nitrogen and oxygen atoms in total. The molecule has 0 bridgehead atoms. The van der Waals surface area contributed by atoms with Crippen LogP contribution in [0.3, 0.4) is 0 Å². The first kappa shape index (κ1) is 10.7. The molecule has 0 unspecified atom stereocenters. The second-order valence-electron chi connectivity index (χ2n) is 1.71. The summed E-state index contributed by atoms with van der Waals surface area (Å²) in [5, 5.41) is 0. The van der Waals surface area contributed by atoms with Crippen molar-refractivity contribution < 1.29 is 22.4 Å². The van der Waals surface area contributed by atoms with Gasteiger partial charge in [0.2, 0.25) is 0 Å². The van der Waals surface area contributed by atoms with E-state index in [0.29, 0.717) is 0 Å². The minimum Gasteiger partial charge on any atom is -0.0654 e. The van der Waals surface area contributed by atoms with Crippen molar-refractivity contribution >= 4 is 0 Å². The third kappa shape index (κ3) is 10.8. The number of unbranched alkanes of at least 4 members (excludes halogenated alkanes) is 3. The van der Waals surface area contributed by atoms with Crippen LogP contribution in [0.5, 0.6) is 0 Å². The normalized spacial score (nSPS) is 7.71. The van der Waals surface area contributed by atoms with Gasteiger partial charge in [0, 0.05) is 22.4 Å². The molecule has 0 aromatic carbocycles. The van der Waals surface area contributed by atoms with Crippen LogP contribution < -0.4 is 0 Å². The molecule has 0 aromatic rings. The van der Waals surface area contributed by atoms with Gasteiger partial charge in [-0.25, -0.2) is 0 Å². The molecule has 0 aliphatic rings. The standard InChI is InChI=1S/C6H14.Ag/c1-3-5-6-4-2;/h3-6H2,1-2H3;. The molecule has 0 spiro atoms. The van der Waals surface area contributed by atoms with Crippen molar-refractivity contribution in [2.75, 3.05) is 0 Å². The largest absolute Gasteiger partial charge is 0.0654 e. The van der Waals surface area contributed by atoms with Gasteiger partial charge in [0.15, 0.2) is 0 Å². The van der Waals surface area contributed by atoms with Gasteiger partial charge in [-0.05, 0) is 0 Å². The zero-order chi connectivity index (χ0) is 4.83. The molecule has 7 heavy (non-hydrogen) atoms. The Hall–Kier alpha value is 0.740. The minimum absolute atomic E-state index is 0. The molecule has 0 rings (SSSR count). The summed E-state index contributed by atoms with van der Waals surface area (Å²) in [6.07, 6.45) is 5.54. The van der Waals surface area contributed by atoms with Gasteiger partial charge in [-0.1, -0.05) is 39.5 Å². The van der Waals surface area contributed by atoms with Gasteiger partial charge in [-0.3, -0.25) is 0 Å². The predicted molar refractivity (Wildman–Crippen MR) is 29.8 cm³/mol. The second kappa shape index (κ2) is 9.88. The molecule has 0 saturated heterocycles. The van der Waals surface area contributed by atoms with E-state index in [-0.39, 0.29) is 22.4 Å². The maximum absolute atomic E-state index is 2.23. The van der Waals surface area contributed by atoms with E-state index in [2.05, 4.69) is 13.8 Å². The van der Waals surface area contributed by atoms with E-state index < -0.39 is 0 Å². The first-order chi connectivity index (χ1) is 2.91. The van der Waals surface area contributed by atoms with E-state index in [4.69, 9.17) is 0 Å². The maximum atomic E-state index is 2.23. The smallest absolute Gasteiger partial charge is 0 e. The Kier molecular flexibility index (Phi) is 15.1. The third-order valence-corrected chi connectivity index (χ3v) is 0.957. The average Bonchev–Trinajstić information content (AvgIpc) is 1.61. The Labute approximate surface area is 62.2 Å². The summed E-state index contributed by atoms with van der Waals surface area (Å²) in [5.74, 6) is 0. The number of rotatable bonds is 3. The summed E-state index contributed by atoms with van der Waals surface area (Å²) in [5.41, 5.74) is 0. The Balaban J connectivity index is 0. The molecule has 0 N–H and O–H groups in total. The summed E-state index contributed by atoms with van der Waals surface area (Å²) >= 11 is 0. The Morgan fingerprint density at radius 2 is 1.14 bits per heavy atom. The zero-order valence-electron chi connectivity index (χ0n) is 5.13. The van der Waals surface area contributed by atoms with Crippen LogP contribution in [0, 0.1) is 0 Å². The van der Waals surface area contributed by atoms with Crippen molar-refractivity contribution in [3.05, 3.63) is 0 Å². The van der Waals surface area contributed by atoms with E-state index in [0.717, 1.165) is 0 Å². The fraction of sp³-hybridized carbons (Fsp3) is 1.00. The molecular formula is C6H14Ag. The SMILES string of the molecule is CCCCCC.[Ag]. The van der Waals surface area contributed by atoms with E-state index >= 15 is 0 Å². The summed E-state index contributed by atoms with van der Waals surface area (Å²) in [6.45, 7) is 4.46. The number of hydrogen-bond acceptors (Lipinski definition) is 0. The predicted octanol–water partition coefficient (Wildman–Crippen LogP) is 2.58. The molecule has 1 radical (unpaired) electrons. The first-order valence-electron chi connectivity index (χ1n) is 2.91. The van der Waals surface area contributed by atoms with Crippen molar-refractivity contribution in [2.24, 2.45) is 0 Å². The van der Waals surface area contributed by atoms with Crippen LogP contribution in [0.4, 0.5) is 0 Å². The fourth-order valence-electron chi connectivity index (χ4n) is 0.500. The zero-order valence-corrected chi connectivity index (χ0v) is 6.61.